The van der Waals surface area contributed by atoms with Crippen LogP contribution in [0.5, 0.6) is 0 Å². The molecule has 0 spiro atoms. The molecule has 56 heavy (non-hydrogen) atoms. The molecular weight excluding hydrogens is 677 g/mol. The average molecular weight is 721 g/mol. The van der Waals surface area contributed by atoms with Gasteiger partial charge in [0.15, 0.2) is 0 Å². The van der Waals surface area contributed by atoms with Gasteiger partial charge in [0.05, 0.1) is 11.0 Å². The Balaban J connectivity index is 0.00000202. The maximum atomic E-state index is 2.41. The Bertz CT molecular complexity index is 2910. The largest absolute Gasteiger partial charge is 0.310 e. The van der Waals surface area contributed by atoms with Crippen LogP contribution in [-0.2, 0) is 0 Å². The van der Waals surface area contributed by atoms with Gasteiger partial charge in [0.25, 0.3) is 0 Å². The molecule has 0 aliphatic heterocycles. The van der Waals surface area contributed by atoms with E-state index < -0.39 is 0 Å². The lowest BCUT2D eigenvalue weighted by Gasteiger charge is -2.25. The Morgan fingerprint density at radius 3 is 1.30 bits per heavy atom. The molecule has 0 bridgehead atoms. The Labute approximate surface area is 329 Å². The van der Waals surface area contributed by atoms with E-state index in [1.165, 1.54) is 76.7 Å². The molecular formula is C54H44N2. The number of anilines is 3. The molecule has 1 heterocycles. The summed E-state index contributed by atoms with van der Waals surface area (Å²) in [5.41, 5.74) is 14.4. The molecule has 2 heteroatoms. The highest BCUT2D eigenvalue weighted by atomic mass is 15.1. The van der Waals surface area contributed by atoms with Gasteiger partial charge in [0, 0.05) is 33.5 Å². The van der Waals surface area contributed by atoms with Crippen molar-refractivity contribution >= 4 is 60.4 Å². The normalized spacial score (nSPS) is 11.2. The highest BCUT2D eigenvalue weighted by Crippen LogP contribution is 2.44. The number of hydrogen-bond donors (Lipinski definition) is 0. The maximum Gasteiger partial charge on any atom is 0.0542 e. The zero-order valence-corrected chi connectivity index (χ0v) is 32.4. The third-order valence-electron chi connectivity index (χ3n) is 10.9. The van der Waals surface area contributed by atoms with E-state index in [0.717, 1.165) is 22.7 Å². The van der Waals surface area contributed by atoms with Crippen LogP contribution in [0.2, 0.25) is 0 Å². The molecule has 0 atom stereocenters. The van der Waals surface area contributed by atoms with Crippen LogP contribution in [0.1, 0.15) is 25.0 Å². The Morgan fingerprint density at radius 2 is 0.750 bits per heavy atom. The monoisotopic (exact) mass is 720 g/mol. The lowest BCUT2D eigenvalue weighted by Crippen LogP contribution is -2.09. The molecule has 10 rings (SSSR count). The summed E-state index contributed by atoms with van der Waals surface area (Å²) in [6.07, 6.45) is 0. The highest BCUT2D eigenvalue weighted by molar-refractivity contribution is 6.21. The van der Waals surface area contributed by atoms with Gasteiger partial charge in [-0.3, -0.25) is 0 Å². The molecule has 0 saturated heterocycles. The zero-order chi connectivity index (χ0) is 38.2. The first-order valence-corrected chi connectivity index (χ1v) is 19.7. The number of aryl methyl sites for hydroxylation is 2. The fourth-order valence-electron chi connectivity index (χ4n) is 8.34. The van der Waals surface area contributed by atoms with E-state index in [2.05, 4.69) is 217 Å². The van der Waals surface area contributed by atoms with Crippen LogP contribution in [0.25, 0.3) is 71.3 Å². The van der Waals surface area contributed by atoms with Gasteiger partial charge in [-0.25, -0.2) is 0 Å². The minimum atomic E-state index is 1.13. The first-order chi connectivity index (χ1) is 27.6. The number of rotatable bonds is 6. The van der Waals surface area contributed by atoms with Crippen LogP contribution in [0.4, 0.5) is 17.1 Å². The molecule has 0 aliphatic rings. The standard InChI is InChI=1S/C52H38N2.C2H6/c1-35-20-24-37(25-21-35)51-44-15-6-8-17-46(44)52(47-18-9-7-16-45(47)51)38-26-30-41(31-27-38)54-49-19-11-10-14-43(49)48-34-42(32-33-50(48)54)53(39-12-4-3-5-13-39)40-28-22-36(2)23-29-40;1-2/h3-34H,1-2H3;1-2H3. The third-order valence-corrected chi connectivity index (χ3v) is 10.9. The number of hydrogen-bond acceptors (Lipinski definition) is 1. The number of para-hydroxylation sites is 2. The van der Waals surface area contributed by atoms with Gasteiger partial charge in [0.2, 0.25) is 0 Å². The van der Waals surface area contributed by atoms with Crippen molar-refractivity contribution in [3.8, 4) is 27.9 Å². The smallest absolute Gasteiger partial charge is 0.0542 e. The average Bonchev–Trinajstić information content (AvgIpc) is 3.59. The van der Waals surface area contributed by atoms with Gasteiger partial charge >= 0.3 is 0 Å². The molecule has 0 unspecified atom stereocenters. The van der Waals surface area contributed by atoms with Crippen molar-refractivity contribution in [2.45, 2.75) is 27.7 Å². The molecule has 1 aromatic heterocycles. The summed E-state index contributed by atoms with van der Waals surface area (Å²) in [4.78, 5) is 2.35. The second-order valence-corrected chi connectivity index (χ2v) is 14.3. The topological polar surface area (TPSA) is 8.17 Å². The van der Waals surface area contributed by atoms with E-state index in [0.29, 0.717) is 0 Å². The Kier molecular flexibility index (Phi) is 9.17. The molecule has 0 aliphatic carbocycles. The van der Waals surface area contributed by atoms with Crippen LogP contribution >= 0.6 is 0 Å². The lowest BCUT2D eigenvalue weighted by atomic mass is 9.86. The van der Waals surface area contributed by atoms with Crippen molar-refractivity contribution < 1.29 is 0 Å². The minimum Gasteiger partial charge on any atom is -0.310 e. The molecule has 0 N–H and O–H groups in total. The quantitative estimate of drug-likeness (QED) is 0.155. The number of nitrogens with zero attached hydrogens (tertiary/aromatic N) is 2. The summed E-state index contributed by atoms with van der Waals surface area (Å²) in [5.74, 6) is 0. The van der Waals surface area contributed by atoms with E-state index >= 15 is 0 Å². The number of benzene rings is 9. The van der Waals surface area contributed by atoms with E-state index in [-0.39, 0.29) is 0 Å². The minimum absolute atomic E-state index is 1.13. The summed E-state index contributed by atoms with van der Waals surface area (Å²) in [5, 5.41) is 7.53. The van der Waals surface area contributed by atoms with Crippen LogP contribution in [0.3, 0.4) is 0 Å². The molecule has 0 saturated carbocycles. The van der Waals surface area contributed by atoms with Gasteiger partial charge in [-0.1, -0.05) is 158 Å². The molecule has 270 valence electrons. The maximum absolute atomic E-state index is 2.41. The van der Waals surface area contributed by atoms with Gasteiger partial charge in [-0.15, -0.1) is 0 Å². The fraction of sp³-hybridized carbons (Fsp3) is 0.0741. The summed E-state index contributed by atoms with van der Waals surface area (Å²) >= 11 is 0. The molecule has 10 aromatic rings. The number of fused-ring (bicyclic) bond motifs is 5. The van der Waals surface area contributed by atoms with Crippen LogP contribution < -0.4 is 4.90 Å². The van der Waals surface area contributed by atoms with Crippen LogP contribution in [-0.4, -0.2) is 4.57 Å². The molecule has 9 aromatic carbocycles. The van der Waals surface area contributed by atoms with Crippen molar-refractivity contribution in [1.29, 1.82) is 0 Å². The second-order valence-electron chi connectivity index (χ2n) is 14.3. The predicted molar refractivity (Wildman–Crippen MR) is 242 cm³/mol. The number of aromatic nitrogens is 1. The SMILES string of the molecule is CC.Cc1ccc(-c2c3ccccc3c(-c3ccc(-n4c5ccccc5c5cc(N(c6ccccc6)c6ccc(C)cc6)ccc54)cc3)c3ccccc23)cc1. The van der Waals surface area contributed by atoms with Gasteiger partial charge in [-0.2, -0.15) is 0 Å². The van der Waals surface area contributed by atoms with Crippen molar-refractivity contribution in [3.05, 3.63) is 205 Å². The molecule has 0 amide bonds. The lowest BCUT2D eigenvalue weighted by molar-refractivity contribution is 1.18. The predicted octanol–water partition coefficient (Wildman–Crippen LogP) is 15.5. The molecule has 2 nitrogen and oxygen atoms in total. The summed E-state index contributed by atoms with van der Waals surface area (Å²) in [7, 11) is 0. The fourth-order valence-corrected chi connectivity index (χ4v) is 8.34. The van der Waals surface area contributed by atoms with Gasteiger partial charge < -0.3 is 9.47 Å². The van der Waals surface area contributed by atoms with E-state index in [9.17, 15) is 0 Å². The first kappa shape index (κ1) is 34.8. The van der Waals surface area contributed by atoms with Crippen LogP contribution in [0.15, 0.2) is 194 Å². The Morgan fingerprint density at radius 1 is 0.339 bits per heavy atom. The van der Waals surface area contributed by atoms with Crippen LogP contribution in [0, 0.1) is 13.8 Å². The van der Waals surface area contributed by atoms with Crippen molar-refractivity contribution in [2.24, 2.45) is 0 Å². The first-order valence-electron chi connectivity index (χ1n) is 19.7. The zero-order valence-electron chi connectivity index (χ0n) is 32.4. The van der Waals surface area contributed by atoms with Crippen molar-refractivity contribution in [3.63, 3.8) is 0 Å². The summed E-state index contributed by atoms with van der Waals surface area (Å²) in [6.45, 7) is 8.28. The second kappa shape index (κ2) is 14.7. The third kappa shape index (κ3) is 6.01. The highest BCUT2D eigenvalue weighted by Gasteiger charge is 2.19. The summed E-state index contributed by atoms with van der Waals surface area (Å²) < 4.78 is 2.41. The van der Waals surface area contributed by atoms with E-state index in [1.54, 1.807) is 0 Å². The van der Waals surface area contributed by atoms with Gasteiger partial charge in [-0.05, 0) is 118 Å². The Hall–Kier alpha value is -6.90. The summed E-state index contributed by atoms with van der Waals surface area (Å²) in [6, 6.07) is 71.0. The molecule has 0 fully saturated rings. The van der Waals surface area contributed by atoms with Crippen molar-refractivity contribution in [2.75, 3.05) is 4.90 Å². The van der Waals surface area contributed by atoms with Crippen molar-refractivity contribution in [1.82, 2.24) is 4.57 Å². The van der Waals surface area contributed by atoms with Gasteiger partial charge in [0.1, 0.15) is 0 Å². The van der Waals surface area contributed by atoms with E-state index in [4.69, 9.17) is 0 Å². The molecule has 0 radical (unpaired) electrons. The van der Waals surface area contributed by atoms with E-state index in [1.807, 2.05) is 13.8 Å².